The number of thioether (sulfide) groups is 1. The first kappa shape index (κ1) is 19.6. The van der Waals surface area contributed by atoms with Crippen molar-refractivity contribution in [1.29, 1.82) is 0 Å². The lowest BCUT2D eigenvalue weighted by molar-refractivity contribution is -0.384. The number of amides is 1. The van der Waals surface area contributed by atoms with Crippen molar-refractivity contribution >= 4 is 61.9 Å². The van der Waals surface area contributed by atoms with Gasteiger partial charge in [0.25, 0.3) is 11.6 Å². The van der Waals surface area contributed by atoms with Crippen molar-refractivity contribution < 1.29 is 18.6 Å². The lowest BCUT2D eigenvalue weighted by Crippen LogP contribution is -2.27. The molecule has 4 rings (SSSR count). The molecule has 146 valence electrons. The number of carbonyl (C=O) groups is 1. The maximum Gasteiger partial charge on any atom is 0.270 e. The molecular formula is C19H11BrN2O5S2. The summed E-state index contributed by atoms with van der Waals surface area (Å²) in [6.07, 6.45) is 3.17. The molecule has 0 atom stereocenters. The molecule has 7 nitrogen and oxygen atoms in total. The van der Waals surface area contributed by atoms with Gasteiger partial charge in [-0.05, 0) is 46.3 Å². The fourth-order valence-corrected chi connectivity index (χ4v) is 4.51. The highest BCUT2D eigenvalue weighted by molar-refractivity contribution is 9.10. The molecule has 0 bridgehead atoms. The molecule has 0 N–H and O–H groups in total. The molecule has 1 aliphatic heterocycles. The highest BCUT2D eigenvalue weighted by Crippen LogP contribution is 2.36. The predicted molar refractivity (Wildman–Crippen MR) is 116 cm³/mol. The second kappa shape index (κ2) is 7.97. The monoisotopic (exact) mass is 490 g/mol. The molecule has 1 fully saturated rings. The lowest BCUT2D eigenvalue weighted by Gasteiger charge is -2.11. The Balaban J connectivity index is 1.56. The average Bonchev–Trinajstić information content (AvgIpc) is 3.41. The number of benzene rings is 1. The van der Waals surface area contributed by atoms with E-state index in [0.29, 0.717) is 36.5 Å². The van der Waals surface area contributed by atoms with E-state index in [1.807, 2.05) is 0 Å². The topological polar surface area (TPSA) is 89.7 Å². The second-order valence-electron chi connectivity index (χ2n) is 5.97. The molecule has 1 aromatic carbocycles. The van der Waals surface area contributed by atoms with Crippen LogP contribution in [0.5, 0.6) is 0 Å². The first-order valence-electron chi connectivity index (χ1n) is 8.24. The van der Waals surface area contributed by atoms with Crippen LogP contribution in [0.2, 0.25) is 0 Å². The van der Waals surface area contributed by atoms with E-state index in [0.717, 1.165) is 0 Å². The molecule has 0 spiro atoms. The van der Waals surface area contributed by atoms with Crippen molar-refractivity contribution in [1.82, 2.24) is 4.90 Å². The number of nitro benzene ring substituents is 1. The number of rotatable bonds is 5. The lowest BCUT2D eigenvalue weighted by atomic mass is 10.1. The highest BCUT2D eigenvalue weighted by atomic mass is 79.9. The quantitative estimate of drug-likeness (QED) is 0.198. The van der Waals surface area contributed by atoms with Gasteiger partial charge in [-0.1, -0.05) is 24.0 Å². The number of carbonyl (C=O) groups excluding carboxylic acids is 1. The van der Waals surface area contributed by atoms with Gasteiger partial charge < -0.3 is 8.83 Å². The molecule has 0 aliphatic carbocycles. The molecule has 2 aromatic heterocycles. The smallest absolute Gasteiger partial charge is 0.270 e. The summed E-state index contributed by atoms with van der Waals surface area (Å²) in [5, 5.41) is 10.9. The van der Waals surface area contributed by atoms with Crippen molar-refractivity contribution in [3.8, 4) is 11.3 Å². The summed E-state index contributed by atoms with van der Waals surface area (Å²) >= 11 is 9.84. The Kier molecular flexibility index (Phi) is 5.39. The van der Waals surface area contributed by atoms with E-state index >= 15 is 0 Å². The Morgan fingerprint density at radius 1 is 1.28 bits per heavy atom. The number of nitrogens with zero attached hydrogens (tertiary/aromatic N) is 2. The number of nitro groups is 1. The number of furan rings is 2. The zero-order valence-electron chi connectivity index (χ0n) is 14.5. The fourth-order valence-electron chi connectivity index (χ4n) is 2.72. The molecule has 0 unspecified atom stereocenters. The minimum absolute atomic E-state index is 0.0207. The summed E-state index contributed by atoms with van der Waals surface area (Å²) in [4.78, 5) is 25.0. The first-order valence-corrected chi connectivity index (χ1v) is 10.3. The largest absolute Gasteiger partial charge is 0.467 e. The molecule has 1 amide bonds. The van der Waals surface area contributed by atoms with Crippen LogP contribution in [0.25, 0.3) is 17.4 Å². The van der Waals surface area contributed by atoms with Gasteiger partial charge in [-0.2, -0.15) is 0 Å². The summed E-state index contributed by atoms with van der Waals surface area (Å²) in [5.41, 5.74) is 0.647. The van der Waals surface area contributed by atoms with Crippen LogP contribution in [0.1, 0.15) is 11.5 Å². The zero-order chi connectivity index (χ0) is 20.5. The molecule has 0 saturated carbocycles. The van der Waals surface area contributed by atoms with Gasteiger partial charge in [0, 0.05) is 28.2 Å². The van der Waals surface area contributed by atoms with Crippen LogP contribution in [-0.4, -0.2) is 20.1 Å². The van der Waals surface area contributed by atoms with E-state index in [2.05, 4.69) is 15.9 Å². The standard InChI is InChI=1S/C19H11BrN2O5S2/c20-15-8-11(22(24)25)3-5-14(15)16-6-4-12(27-16)9-17-18(23)21(19(28)29-17)10-13-2-1-7-26-13/h1-9H,10H2/b17-9+. The molecule has 10 heteroatoms. The van der Waals surface area contributed by atoms with Crippen LogP contribution in [0.3, 0.4) is 0 Å². The van der Waals surface area contributed by atoms with Gasteiger partial charge in [-0.25, -0.2) is 0 Å². The summed E-state index contributed by atoms with van der Waals surface area (Å²) in [7, 11) is 0. The van der Waals surface area contributed by atoms with Gasteiger partial charge in [0.15, 0.2) is 0 Å². The van der Waals surface area contributed by atoms with E-state index in [1.54, 1.807) is 42.7 Å². The normalized spacial score (nSPS) is 15.5. The van der Waals surface area contributed by atoms with Crippen LogP contribution in [0, 0.1) is 10.1 Å². The number of thiocarbonyl (C=S) groups is 1. The third-order valence-electron chi connectivity index (χ3n) is 4.10. The Morgan fingerprint density at radius 2 is 2.10 bits per heavy atom. The Labute approximate surface area is 182 Å². The van der Waals surface area contributed by atoms with Crippen LogP contribution < -0.4 is 0 Å². The van der Waals surface area contributed by atoms with Crippen molar-refractivity contribution in [3.05, 3.63) is 79.7 Å². The third-order valence-corrected chi connectivity index (χ3v) is 6.13. The zero-order valence-corrected chi connectivity index (χ0v) is 17.8. The summed E-state index contributed by atoms with van der Waals surface area (Å²) in [6.45, 7) is 0.272. The summed E-state index contributed by atoms with van der Waals surface area (Å²) < 4.78 is 12.1. The van der Waals surface area contributed by atoms with E-state index in [4.69, 9.17) is 21.1 Å². The van der Waals surface area contributed by atoms with Gasteiger partial charge in [0.05, 0.1) is 22.6 Å². The van der Waals surface area contributed by atoms with E-state index in [-0.39, 0.29) is 18.1 Å². The average molecular weight is 491 g/mol. The van der Waals surface area contributed by atoms with E-state index in [1.165, 1.54) is 28.8 Å². The molecule has 3 heterocycles. The van der Waals surface area contributed by atoms with Crippen molar-refractivity contribution in [2.45, 2.75) is 6.54 Å². The van der Waals surface area contributed by atoms with E-state index in [9.17, 15) is 14.9 Å². The minimum atomic E-state index is -0.465. The van der Waals surface area contributed by atoms with Gasteiger partial charge in [-0.3, -0.25) is 19.8 Å². The predicted octanol–water partition coefficient (Wildman–Crippen LogP) is 5.61. The van der Waals surface area contributed by atoms with Crippen LogP contribution >= 0.6 is 39.9 Å². The maximum atomic E-state index is 12.7. The Hall–Kier alpha value is -2.69. The molecule has 1 aliphatic rings. The third kappa shape index (κ3) is 4.04. The van der Waals surface area contributed by atoms with Crippen LogP contribution in [0.15, 0.2) is 66.9 Å². The number of non-ortho nitro benzene ring substituents is 1. The highest BCUT2D eigenvalue weighted by Gasteiger charge is 2.32. The van der Waals surface area contributed by atoms with Gasteiger partial charge in [0.2, 0.25) is 0 Å². The summed E-state index contributed by atoms with van der Waals surface area (Å²) in [5.74, 6) is 1.42. The maximum absolute atomic E-state index is 12.7. The van der Waals surface area contributed by atoms with E-state index < -0.39 is 4.92 Å². The van der Waals surface area contributed by atoms with Gasteiger partial charge in [0.1, 0.15) is 21.6 Å². The SMILES string of the molecule is O=C1/C(=C\c2ccc(-c3ccc([N+](=O)[O-])cc3Br)o2)SC(=S)N1Cc1ccco1. The van der Waals surface area contributed by atoms with Gasteiger partial charge in [-0.15, -0.1) is 0 Å². The second-order valence-corrected chi connectivity index (χ2v) is 8.50. The van der Waals surface area contributed by atoms with Crippen LogP contribution in [0.4, 0.5) is 5.69 Å². The van der Waals surface area contributed by atoms with Gasteiger partial charge >= 0.3 is 0 Å². The number of hydrogen-bond acceptors (Lipinski definition) is 7. The summed E-state index contributed by atoms with van der Waals surface area (Å²) in [6, 6.07) is 11.4. The first-order chi connectivity index (χ1) is 13.9. The van der Waals surface area contributed by atoms with Crippen molar-refractivity contribution in [2.75, 3.05) is 0 Å². The molecule has 3 aromatic rings. The Bertz CT molecular complexity index is 1150. The van der Waals surface area contributed by atoms with Crippen molar-refractivity contribution in [3.63, 3.8) is 0 Å². The molecule has 1 saturated heterocycles. The number of hydrogen-bond donors (Lipinski definition) is 0. The fraction of sp³-hybridized carbons (Fsp3) is 0.0526. The molecular weight excluding hydrogens is 480 g/mol. The Morgan fingerprint density at radius 3 is 2.79 bits per heavy atom. The molecule has 29 heavy (non-hydrogen) atoms. The van der Waals surface area contributed by atoms with Crippen LogP contribution in [-0.2, 0) is 11.3 Å². The van der Waals surface area contributed by atoms with Crippen molar-refractivity contribution in [2.24, 2.45) is 0 Å². The minimum Gasteiger partial charge on any atom is -0.467 e. The molecule has 0 radical (unpaired) electrons. The number of halogens is 1.